The van der Waals surface area contributed by atoms with Crippen LogP contribution >= 0.6 is 0 Å². The SMILES string of the molecule is C[C@@H](NC(=O)C[C@@H]1NC(=O)N(C2CCCCC2)C1=O)c1ccc2c(c1)CCCC2. The molecule has 4 amide bonds. The van der Waals surface area contributed by atoms with E-state index in [1.807, 2.05) is 6.92 Å². The standard InChI is InChI=1S/C23H31N3O3/c1-15(17-12-11-16-7-5-6-8-18(16)13-17)24-21(27)14-20-22(28)26(23(29)25-20)19-9-3-2-4-10-19/h11-13,15,19-20H,2-10,14H2,1H3,(H,24,27)(H,25,29)/t15-,20+/m1/s1. The van der Waals surface area contributed by atoms with Gasteiger partial charge in [0.05, 0.1) is 12.5 Å². The molecular formula is C23H31N3O3. The number of benzene rings is 1. The van der Waals surface area contributed by atoms with E-state index >= 15 is 0 Å². The third kappa shape index (κ3) is 4.31. The summed E-state index contributed by atoms with van der Waals surface area (Å²) in [6.45, 7) is 1.96. The van der Waals surface area contributed by atoms with E-state index in [4.69, 9.17) is 0 Å². The number of urea groups is 1. The normalized spacial score (nSPS) is 23.5. The van der Waals surface area contributed by atoms with E-state index in [1.54, 1.807) is 0 Å². The van der Waals surface area contributed by atoms with E-state index in [0.717, 1.165) is 50.5 Å². The van der Waals surface area contributed by atoms with Crippen molar-refractivity contribution < 1.29 is 14.4 Å². The Bertz CT molecular complexity index is 801. The summed E-state index contributed by atoms with van der Waals surface area (Å²) in [5.74, 6) is -0.460. The van der Waals surface area contributed by atoms with Crippen LogP contribution in [0.15, 0.2) is 18.2 Å². The maximum absolute atomic E-state index is 12.7. The zero-order chi connectivity index (χ0) is 20.4. The van der Waals surface area contributed by atoms with Gasteiger partial charge in [0.15, 0.2) is 0 Å². The molecular weight excluding hydrogens is 366 g/mol. The smallest absolute Gasteiger partial charge is 0.325 e. The van der Waals surface area contributed by atoms with Crippen molar-refractivity contribution in [2.75, 3.05) is 0 Å². The number of hydrogen-bond acceptors (Lipinski definition) is 3. The zero-order valence-electron chi connectivity index (χ0n) is 17.2. The van der Waals surface area contributed by atoms with Crippen LogP contribution in [0.2, 0.25) is 0 Å². The largest absolute Gasteiger partial charge is 0.350 e. The van der Waals surface area contributed by atoms with Crippen molar-refractivity contribution in [3.63, 3.8) is 0 Å². The Morgan fingerprint density at radius 1 is 1.10 bits per heavy atom. The van der Waals surface area contributed by atoms with Gasteiger partial charge < -0.3 is 10.6 Å². The number of nitrogens with one attached hydrogen (secondary N) is 2. The summed E-state index contributed by atoms with van der Waals surface area (Å²) in [5.41, 5.74) is 3.89. The van der Waals surface area contributed by atoms with Gasteiger partial charge in [-0.2, -0.15) is 0 Å². The fraction of sp³-hybridized carbons (Fsp3) is 0.609. The van der Waals surface area contributed by atoms with E-state index in [-0.39, 0.29) is 36.3 Å². The first-order valence-electron chi connectivity index (χ1n) is 11.1. The van der Waals surface area contributed by atoms with Crippen LogP contribution < -0.4 is 10.6 Å². The Morgan fingerprint density at radius 3 is 2.59 bits per heavy atom. The van der Waals surface area contributed by atoms with Gasteiger partial charge in [-0.25, -0.2) is 4.79 Å². The topological polar surface area (TPSA) is 78.5 Å². The van der Waals surface area contributed by atoms with Crippen molar-refractivity contribution in [2.45, 2.75) is 89.3 Å². The molecule has 2 fully saturated rings. The summed E-state index contributed by atoms with van der Waals surface area (Å²) in [5, 5.41) is 5.71. The second-order valence-corrected chi connectivity index (χ2v) is 8.73. The third-order valence-electron chi connectivity index (χ3n) is 6.63. The van der Waals surface area contributed by atoms with Gasteiger partial charge in [0.2, 0.25) is 5.91 Å². The van der Waals surface area contributed by atoms with E-state index in [2.05, 4.69) is 28.8 Å². The van der Waals surface area contributed by atoms with Gasteiger partial charge in [-0.15, -0.1) is 0 Å². The van der Waals surface area contributed by atoms with Crippen molar-refractivity contribution in [1.82, 2.24) is 15.5 Å². The second kappa shape index (κ2) is 8.56. The van der Waals surface area contributed by atoms with Gasteiger partial charge in [0.1, 0.15) is 6.04 Å². The fourth-order valence-electron chi connectivity index (χ4n) is 4.96. The fourth-order valence-corrected chi connectivity index (χ4v) is 4.96. The first-order chi connectivity index (χ1) is 14.0. The zero-order valence-corrected chi connectivity index (χ0v) is 17.2. The third-order valence-corrected chi connectivity index (χ3v) is 6.63. The lowest BCUT2D eigenvalue weighted by Gasteiger charge is -2.28. The van der Waals surface area contributed by atoms with Crippen LogP contribution in [0.25, 0.3) is 0 Å². The number of rotatable bonds is 5. The van der Waals surface area contributed by atoms with Gasteiger partial charge in [0.25, 0.3) is 5.91 Å². The molecule has 3 aliphatic rings. The molecule has 0 unspecified atom stereocenters. The van der Waals surface area contributed by atoms with Gasteiger partial charge in [-0.05, 0) is 62.1 Å². The van der Waals surface area contributed by atoms with Gasteiger partial charge in [-0.3, -0.25) is 14.5 Å². The predicted octanol–water partition coefficient (Wildman–Crippen LogP) is 3.39. The van der Waals surface area contributed by atoms with E-state index in [1.165, 1.54) is 28.9 Å². The Hall–Kier alpha value is -2.37. The quantitative estimate of drug-likeness (QED) is 0.748. The van der Waals surface area contributed by atoms with E-state index in [0.29, 0.717) is 0 Å². The van der Waals surface area contributed by atoms with E-state index in [9.17, 15) is 14.4 Å². The number of nitrogens with zero attached hydrogens (tertiary/aromatic N) is 1. The molecule has 1 aromatic rings. The number of aryl methyl sites for hydroxylation is 2. The summed E-state index contributed by atoms with van der Waals surface area (Å²) in [6, 6.07) is 5.22. The lowest BCUT2D eigenvalue weighted by molar-refractivity contribution is -0.132. The van der Waals surface area contributed by atoms with Crippen molar-refractivity contribution in [3.8, 4) is 0 Å². The molecule has 1 aliphatic heterocycles. The number of amides is 4. The maximum Gasteiger partial charge on any atom is 0.325 e. The van der Waals surface area contributed by atoms with Crippen LogP contribution in [0.5, 0.6) is 0 Å². The first kappa shape index (κ1) is 19.9. The highest BCUT2D eigenvalue weighted by Crippen LogP contribution is 2.27. The van der Waals surface area contributed by atoms with Gasteiger partial charge >= 0.3 is 6.03 Å². The molecule has 1 saturated heterocycles. The summed E-state index contributed by atoms with van der Waals surface area (Å²) >= 11 is 0. The number of carbonyl (C=O) groups excluding carboxylic acids is 3. The number of carbonyl (C=O) groups is 3. The number of hydrogen-bond donors (Lipinski definition) is 2. The van der Waals surface area contributed by atoms with Crippen molar-refractivity contribution >= 4 is 17.8 Å². The minimum atomic E-state index is -0.750. The molecule has 0 bridgehead atoms. The summed E-state index contributed by atoms with van der Waals surface area (Å²) in [4.78, 5) is 39.0. The highest BCUT2D eigenvalue weighted by atomic mass is 16.2. The van der Waals surface area contributed by atoms with Crippen LogP contribution in [-0.2, 0) is 22.4 Å². The molecule has 1 heterocycles. The summed E-state index contributed by atoms with van der Waals surface area (Å²) in [7, 11) is 0. The average molecular weight is 398 g/mol. The summed E-state index contributed by atoms with van der Waals surface area (Å²) < 4.78 is 0. The molecule has 2 N–H and O–H groups in total. The van der Waals surface area contributed by atoms with Gasteiger partial charge in [-0.1, -0.05) is 37.5 Å². The molecule has 2 aliphatic carbocycles. The summed E-state index contributed by atoms with van der Waals surface area (Å²) in [6.07, 6.45) is 9.68. The molecule has 2 atom stereocenters. The molecule has 29 heavy (non-hydrogen) atoms. The first-order valence-corrected chi connectivity index (χ1v) is 11.1. The Morgan fingerprint density at radius 2 is 1.83 bits per heavy atom. The van der Waals surface area contributed by atoms with Crippen LogP contribution in [0, 0.1) is 0 Å². The molecule has 1 saturated carbocycles. The predicted molar refractivity (Wildman–Crippen MR) is 110 cm³/mol. The molecule has 4 rings (SSSR count). The molecule has 1 aromatic carbocycles. The minimum Gasteiger partial charge on any atom is -0.350 e. The van der Waals surface area contributed by atoms with Crippen LogP contribution in [0.1, 0.15) is 81.0 Å². The average Bonchev–Trinajstić information content (AvgIpc) is 3.01. The van der Waals surface area contributed by atoms with Crippen molar-refractivity contribution in [3.05, 3.63) is 34.9 Å². The highest BCUT2D eigenvalue weighted by molar-refractivity contribution is 6.06. The Kier molecular flexibility index (Phi) is 5.88. The molecule has 6 nitrogen and oxygen atoms in total. The lowest BCUT2D eigenvalue weighted by atomic mass is 9.89. The molecule has 0 radical (unpaired) electrons. The van der Waals surface area contributed by atoms with Crippen LogP contribution in [0.4, 0.5) is 4.79 Å². The Labute approximate surface area is 172 Å². The number of imide groups is 1. The molecule has 156 valence electrons. The highest BCUT2D eigenvalue weighted by Gasteiger charge is 2.42. The van der Waals surface area contributed by atoms with Crippen molar-refractivity contribution in [2.24, 2.45) is 0 Å². The van der Waals surface area contributed by atoms with E-state index < -0.39 is 6.04 Å². The second-order valence-electron chi connectivity index (χ2n) is 8.73. The molecule has 0 aromatic heterocycles. The molecule has 6 heteroatoms. The molecule has 0 spiro atoms. The number of fused-ring (bicyclic) bond motifs is 1. The van der Waals surface area contributed by atoms with Crippen molar-refractivity contribution in [1.29, 1.82) is 0 Å². The monoisotopic (exact) mass is 397 g/mol. The van der Waals surface area contributed by atoms with Gasteiger partial charge in [0, 0.05) is 6.04 Å². The maximum atomic E-state index is 12.7. The van der Waals surface area contributed by atoms with Crippen LogP contribution in [-0.4, -0.2) is 34.8 Å². The minimum absolute atomic E-state index is 0.0108. The lowest BCUT2D eigenvalue weighted by Crippen LogP contribution is -2.42. The Balaban J connectivity index is 1.34. The van der Waals surface area contributed by atoms with Crippen LogP contribution in [0.3, 0.4) is 0 Å².